The Morgan fingerprint density at radius 3 is 1.39 bits per heavy atom. The molecule has 2 aliphatic heterocycles. The third-order valence-electron chi connectivity index (χ3n) is 8.28. The Hall–Kier alpha value is -4.30. The lowest BCUT2D eigenvalue weighted by molar-refractivity contribution is 0.598. The van der Waals surface area contributed by atoms with Crippen LogP contribution in [0.15, 0.2) is 145 Å². The summed E-state index contributed by atoms with van der Waals surface area (Å²) < 4.78 is 0. The van der Waals surface area contributed by atoms with Gasteiger partial charge in [0.25, 0.3) is 0 Å². The molecule has 0 amide bonds. The minimum absolute atomic E-state index is 0.253. The van der Waals surface area contributed by atoms with Crippen LogP contribution in [0.2, 0.25) is 0 Å². The Balaban J connectivity index is 0.00000189. The standard InChI is InChI=1S/C37H38N2.C2H6/c1-9-19-33-29(11-3)37(7,8)31-24-30-34(25-35(31)39(33)27-22-17-14-18-23-27)38(26-20-15-13-16-21-26)32(12-4)28(10-2)36(30,5)6;1-2/h9-25H,2-4H2,1,5-8H3;1-2H3/b19-9-;. The van der Waals surface area contributed by atoms with Crippen LogP contribution in [0.3, 0.4) is 0 Å². The topological polar surface area (TPSA) is 6.48 Å². The van der Waals surface area contributed by atoms with Crippen molar-refractivity contribution in [3.8, 4) is 0 Å². The summed E-state index contributed by atoms with van der Waals surface area (Å²) >= 11 is 0. The van der Waals surface area contributed by atoms with E-state index in [1.165, 1.54) is 22.4 Å². The second-order valence-electron chi connectivity index (χ2n) is 11.2. The molecule has 0 unspecified atom stereocenters. The molecule has 0 bridgehead atoms. The van der Waals surface area contributed by atoms with Gasteiger partial charge in [-0.1, -0.05) is 116 Å². The Morgan fingerprint density at radius 2 is 1.00 bits per heavy atom. The molecule has 210 valence electrons. The smallest absolute Gasteiger partial charge is 0.0523 e. The Kier molecular flexibility index (Phi) is 8.44. The number of hydrogen-bond acceptors (Lipinski definition) is 2. The highest BCUT2D eigenvalue weighted by molar-refractivity contribution is 5.88. The van der Waals surface area contributed by atoms with Gasteiger partial charge in [0.1, 0.15) is 0 Å². The Labute approximate surface area is 248 Å². The van der Waals surface area contributed by atoms with Crippen LogP contribution in [-0.2, 0) is 10.8 Å². The van der Waals surface area contributed by atoms with E-state index in [0.29, 0.717) is 0 Å². The first-order valence-corrected chi connectivity index (χ1v) is 14.6. The molecule has 0 saturated carbocycles. The van der Waals surface area contributed by atoms with Crippen molar-refractivity contribution in [3.05, 3.63) is 157 Å². The summed E-state index contributed by atoms with van der Waals surface area (Å²) in [5.41, 5.74) is 11.1. The van der Waals surface area contributed by atoms with Crippen molar-refractivity contribution in [2.75, 3.05) is 9.80 Å². The van der Waals surface area contributed by atoms with Crippen LogP contribution in [0, 0.1) is 0 Å². The maximum atomic E-state index is 4.27. The van der Waals surface area contributed by atoms with Gasteiger partial charge in [0.05, 0.1) is 11.4 Å². The van der Waals surface area contributed by atoms with Gasteiger partial charge in [-0.2, -0.15) is 0 Å². The van der Waals surface area contributed by atoms with Crippen LogP contribution in [0.5, 0.6) is 0 Å². The van der Waals surface area contributed by atoms with Gasteiger partial charge < -0.3 is 9.80 Å². The number of hydrogen-bond donors (Lipinski definition) is 0. The van der Waals surface area contributed by atoms with Crippen LogP contribution >= 0.6 is 0 Å². The highest BCUT2D eigenvalue weighted by Crippen LogP contribution is 2.56. The van der Waals surface area contributed by atoms with Crippen LogP contribution < -0.4 is 9.80 Å². The summed E-state index contributed by atoms with van der Waals surface area (Å²) in [4.78, 5) is 4.72. The van der Waals surface area contributed by atoms with Gasteiger partial charge in [-0.3, -0.25) is 0 Å². The van der Waals surface area contributed by atoms with Crippen LogP contribution in [0.25, 0.3) is 0 Å². The lowest BCUT2D eigenvalue weighted by atomic mass is 9.68. The average Bonchev–Trinajstić information content (AvgIpc) is 2.98. The van der Waals surface area contributed by atoms with Gasteiger partial charge in [-0.05, 0) is 77.7 Å². The molecule has 5 rings (SSSR count). The number of rotatable bonds is 6. The minimum atomic E-state index is -0.268. The number of fused-ring (bicyclic) bond motifs is 2. The van der Waals surface area contributed by atoms with E-state index in [1.807, 2.05) is 32.1 Å². The van der Waals surface area contributed by atoms with Crippen molar-refractivity contribution in [1.29, 1.82) is 0 Å². The first-order valence-electron chi connectivity index (χ1n) is 14.6. The molecule has 0 fully saturated rings. The van der Waals surface area contributed by atoms with Crippen LogP contribution in [0.1, 0.15) is 59.6 Å². The van der Waals surface area contributed by atoms with Gasteiger partial charge in [0, 0.05) is 33.6 Å². The zero-order chi connectivity index (χ0) is 29.9. The molecule has 3 aromatic rings. The summed E-state index contributed by atoms with van der Waals surface area (Å²) in [7, 11) is 0. The number of benzene rings is 3. The molecule has 0 aliphatic carbocycles. The Morgan fingerprint density at radius 1 is 0.585 bits per heavy atom. The molecule has 0 radical (unpaired) electrons. The van der Waals surface area contributed by atoms with Gasteiger partial charge in [-0.25, -0.2) is 0 Å². The highest BCUT2D eigenvalue weighted by Gasteiger charge is 2.43. The second kappa shape index (κ2) is 11.7. The zero-order valence-electron chi connectivity index (χ0n) is 25.8. The van der Waals surface area contributed by atoms with E-state index >= 15 is 0 Å². The molecule has 3 aromatic carbocycles. The van der Waals surface area contributed by atoms with Crippen molar-refractivity contribution in [1.82, 2.24) is 0 Å². The number of nitrogens with zero attached hydrogens (tertiary/aromatic N) is 2. The van der Waals surface area contributed by atoms with Gasteiger partial charge in [-0.15, -0.1) is 0 Å². The van der Waals surface area contributed by atoms with Crippen molar-refractivity contribution in [3.63, 3.8) is 0 Å². The lowest BCUT2D eigenvalue weighted by Gasteiger charge is -2.47. The van der Waals surface area contributed by atoms with Crippen molar-refractivity contribution in [2.45, 2.75) is 59.3 Å². The van der Waals surface area contributed by atoms with Gasteiger partial charge in [0.2, 0.25) is 0 Å². The quantitative estimate of drug-likeness (QED) is 0.307. The molecule has 0 aromatic heterocycles. The number of para-hydroxylation sites is 2. The summed E-state index contributed by atoms with van der Waals surface area (Å²) in [6.07, 6.45) is 10.3. The van der Waals surface area contributed by atoms with Crippen LogP contribution in [-0.4, -0.2) is 0 Å². The second-order valence-corrected chi connectivity index (χ2v) is 11.2. The summed E-state index contributed by atoms with van der Waals surface area (Å²) in [5.74, 6) is 0. The fourth-order valence-electron chi connectivity index (χ4n) is 6.33. The first kappa shape index (κ1) is 29.7. The van der Waals surface area contributed by atoms with Crippen molar-refractivity contribution < 1.29 is 0 Å². The van der Waals surface area contributed by atoms with Crippen molar-refractivity contribution >= 4 is 22.7 Å². The molecular weight excluding hydrogens is 496 g/mol. The molecule has 0 N–H and O–H groups in total. The molecule has 2 heteroatoms. The van der Waals surface area contributed by atoms with Crippen molar-refractivity contribution in [2.24, 2.45) is 0 Å². The molecule has 0 spiro atoms. The normalized spacial score (nSPS) is 17.0. The predicted octanol–water partition coefficient (Wildman–Crippen LogP) is 11.2. The van der Waals surface area contributed by atoms with Gasteiger partial charge >= 0.3 is 0 Å². The molecule has 0 saturated heterocycles. The van der Waals surface area contributed by atoms with E-state index in [0.717, 1.165) is 34.0 Å². The van der Waals surface area contributed by atoms with E-state index < -0.39 is 0 Å². The van der Waals surface area contributed by atoms with E-state index in [9.17, 15) is 0 Å². The van der Waals surface area contributed by atoms with Gasteiger partial charge in [0.15, 0.2) is 0 Å². The molecule has 2 aliphatic rings. The number of anilines is 4. The van der Waals surface area contributed by atoms with Crippen LogP contribution in [0.4, 0.5) is 22.7 Å². The third kappa shape index (κ3) is 4.72. The van der Waals surface area contributed by atoms with E-state index in [4.69, 9.17) is 0 Å². The average molecular weight is 541 g/mol. The Bertz CT molecular complexity index is 1550. The maximum absolute atomic E-state index is 4.27. The summed E-state index contributed by atoms with van der Waals surface area (Å²) in [6.45, 7) is 28.0. The molecule has 2 heterocycles. The fraction of sp³-hybridized carbons (Fsp3) is 0.231. The molecule has 2 nitrogen and oxygen atoms in total. The maximum Gasteiger partial charge on any atom is 0.0523 e. The fourth-order valence-corrected chi connectivity index (χ4v) is 6.33. The lowest BCUT2D eigenvalue weighted by Crippen LogP contribution is -2.37. The SMILES string of the molecule is C=CC1=C(C=C)C(C)(C)c2cc3c(cc2N1c1ccccc1)N(c1ccccc1)C(/C=C\C)=C(C=C)C3(C)C.CC. The first-order chi connectivity index (χ1) is 19.7. The van der Waals surface area contributed by atoms with E-state index in [-0.39, 0.29) is 10.8 Å². The number of allylic oxidation sites excluding steroid dienone is 7. The molecular formula is C39H44N2. The molecule has 0 atom stereocenters. The predicted molar refractivity (Wildman–Crippen MR) is 180 cm³/mol. The summed E-state index contributed by atoms with van der Waals surface area (Å²) in [5, 5.41) is 0. The molecule has 41 heavy (non-hydrogen) atoms. The summed E-state index contributed by atoms with van der Waals surface area (Å²) in [6, 6.07) is 26.0. The van der Waals surface area contributed by atoms with E-state index in [1.54, 1.807) is 0 Å². The highest BCUT2D eigenvalue weighted by atomic mass is 15.2. The minimum Gasteiger partial charge on any atom is -0.310 e. The monoisotopic (exact) mass is 540 g/mol. The third-order valence-corrected chi connectivity index (χ3v) is 8.28. The zero-order valence-corrected chi connectivity index (χ0v) is 25.8. The van der Waals surface area contributed by atoms with E-state index in [2.05, 4.69) is 149 Å². The largest absolute Gasteiger partial charge is 0.310 e.